The van der Waals surface area contributed by atoms with Gasteiger partial charge in [0, 0.05) is 12.1 Å². The maximum atomic E-state index is 11.0. The molecule has 0 heterocycles. The van der Waals surface area contributed by atoms with Crippen molar-refractivity contribution in [3.63, 3.8) is 0 Å². The molecule has 0 aliphatic heterocycles. The van der Waals surface area contributed by atoms with Gasteiger partial charge in [-0.3, -0.25) is 20.2 Å². The van der Waals surface area contributed by atoms with Crippen LogP contribution in [0, 0.1) is 27.2 Å². The third kappa shape index (κ3) is 2.56. The Kier molecular flexibility index (Phi) is 3.60. The Morgan fingerprint density at radius 2 is 1.45 bits per heavy atom. The van der Waals surface area contributed by atoms with Crippen LogP contribution in [0.3, 0.4) is 0 Å². The van der Waals surface area contributed by atoms with Gasteiger partial charge in [-0.25, -0.2) is 0 Å². The molecule has 0 fully saturated rings. The van der Waals surface area contributed by atoms with Crippen molar-refractivity contribution in [1.82, 2.24) is 0 Å². The summed E-state index contributed by atoms with van der Waals surface area (Å²) in [5.41, 5.74) is -0.162. The summed E-state index contributed by atoms with van der Waals surface area (Å²) in [7, 11) is 0. The number of hydrogen-bond donors (Lipinski definition) is 0. The largest absolute Gasteiger partial charge is 0.444 e. The molecule has 0 atom stereocenters. The van der Waals surface area contributed by atoms with Gasteiger partial charge in [0.15, 0.2) is 0 Å². The lowest BCUT2D eigenvalue weighted by molar-refractivity contribution is -0.395. The molecule has 0 bridgehead atoms. The number of ether oxygens (including phenoxy) is 1. The molecule has 0 radical (unpaired) electrons. The van der Waals surface area contributed by atoms with Gasteiger partial charge in [0.1, 0.15) is 5.75 Å². The third-order valence-corrected chi connectivity index (χ3v) is 2.67. The van der Waals surface area contributed by atoms with E-state index in [0.29, 0.717) is 5.75 Å². The molecule has 20 heavy (non-hydrogen) atoms. The number of nitrogens with zero attached hydrogens (tertiary/aromatic N) is 2. The van der Waals surface area contributed by atoms with E-state index in [1.54, 1.807) is 31.2 Å². The first-order valence-corrected chi connectivity index (χ1v) is 5.66. The molecule has 0 saturated heterocycles. The van der Waals surface area contributed by atoms with E-state index in [1.165, 1.54) is 18.2 Å². The maximum Gasteiger partial charge on any atom is 0.318 e. The molecule has 0 unspecified atom stereocenters. The molecular weight excluding hydrogens is 264 g/mol. The first-order valence-electron chi connectivity index (χ1n) is 5.66. The van der Waals surface area contributed by atoms with Crippen molar-refractivity contribution >= 4 is 11.4 Å². The van der Waals surface area contributed by atoms with E-state index in [1.807, 2.05) is 0 Å². The molecule has 102 valence electrons. The van der Waals surface area contributed by atoms with Gasteiger partial charge in [-0.05, 0) is 24.6 Å². The Hall–Kier alpha value is -2.96. The highest BCUT2D eigenvalue weighted by Gasteiger charge is 2.27. The molecule has 0 aliphatic carbocycles. The van der Waals surface area contributed by atoms with E-state index in [2.05, 4.69) is 0 Å². The van der Waals surface area contributed by atoms with E-state index >= 15 is 0 Å². The van der Waals surface area contributed by atoms with Gasteiger partial charge in [0.2, 0.25) is 0 Å². The molecule has 0 saturated carbocycles. The van der Waals surface area contributed by atoms with Gasteiger partial charge in [-0.1, -0.05) is 18.2 Å². The second-order valence-electron chi connectivity index (χ2n) is 4.01. The summed E-state index contributed by atoms with van der Waals surface area (Å²) in [6.07, 6.45) is 0. The number of para-hydroxylation sites is 2. The lowest BCUT2D eigenvalue weighted by Crippen LogP contribution is -1.99. The van der Waals surface area contributed by atoms with Gasteiger partial charge < -0.3 is 4.74 Å². The van der Waals surface area contributed by atoms with Crippen LogP contribution in [-0.4, -0.2) is 9.85 Å². The average molecular weight is 274 g/mol. The van der Waals surface area contributed by atoms with Crippen molar-refractivity contribution in [2.75, 3.05) is 0 Å². The van der Waals surface area contributed by atoms with Crippen molar-refractivity contribution in [2.45, 2.75) is 6.92 Å². The SMILES string of the molecule is Cc1ccccc1Oc1c([N+](=O)[O-])cccc1[N+](=O)[O-]. The Morgan fingerprint density at radius 3 is 1.95 bits per heavy atom. The molecule has 7 heteroatoms. The Morgan fingerprint density at radius 1 is 0.900 bits per heavy atom. The molecular formula is C13H10N2O5. The number of nitro benzene ring substituents is 2. The highest BCUT2D eigenvalue weighted by molar-refractivity contribution is 5.61. The van der Waals surface area contributed by atoms with Crippen LogP contribution in [0.25, 0.3) is 0 Å². The fraction of sp³-hybridized carbons (Fsp3) is 0.0769. The predicted molar refractivity (Wildman–Crippen MR) is 71.0 cm³/mol. The summed E-state index contributed by atoms with van der Waals surface area (Å²) in [4.78, 5) is 20.5. The summed E-state index contributed by atoms with van der Waals surface area (Å²) in [5.74, 6) is -0.0262. The molecule has 7 nitrogen and oxygen atoms in total. The number of hydrogen-bond acceptors (Lipinski definition) is 5. The van der Waals surface area contributed by atoms with Crippen LogP contribution in [0.5, 0.6) is 11.5 Å². The first-order chi connectivity index (χ1) is 9.50. The van der Waals surface area contributed by atoms with Crippen LogP contribution in [0.2, 0.25) is 0 Å². The van der Waals surface area contributed by atoms with Crippen molar-refractivity contribution in [2.24, 2.45) is 0 Å². The minimum atomic E-state index is -0.708. The van der Waals surface area contributed by atoms with Crippen LogP contribution in [0.4, 0.5) is 11.4 Å². The zero-order chi connectivity index (χ0) is 14.7. The summed E-state index contributed by atoms with van der Waals surface area (Å²) in [5, 5.41) is 21.9. The van der Waals surface area contributed by atoms with Crippen molar-refractivity contribution in [3.05, 3.63) is 68.3 Å². The summed E-state index contributed by atoms with van der Waals surface area (Å²) in [6.45, 7) is 1.75. The van der Waals surface area contributed by atoms with Gasteiger partial charge in [-0.2, -0.15) is 0 Å². The topological polar surface area (TPSA) is 95.5 Å². The number of rotatable bonds is 4. The lowest BCUT2D eigenvalue weighted by atomic mass is 10.2. The summed E-state index contributed by atoms with van der Waals surface area (Å²) < 4.78 is 5.41. The van der Waals surface area contributed by atoms with Crippen molar-refractivity contribution in [3.8, 4) is 11.5 Å². The zero-order valence-corrected chi connectivity index (χ0v) is 10.5. The van der Waals surface area contributed by atoms with Crippen molar-refractivity contribution in [1.29, 1.82) is 0 Å². The van der Waals surface area contributed by atoms with Gasteiger partial charge in [-0.15, -0.1) is 0 Å². The van der Waals surface area contributed by atoms with Crippen LogP contribution < -0.4 is 4.74 Å². The molecule has 0 aromatic heterocycles. The highest BCUT2D eigenvalue weighted by atomic mass is 16.6. The molecule has 0 amide bonds. The fourth-order valence-electron chi connectivity index (χ4n) is 1.69. The van der Waals surface area contributed by atoms with Crippen LogP contribution in [-0.2, 0) is 0 Å². The number of aryl methyl sites for hydroxylation is 1. The summed E-state index contributed by atoms with van der Waals surface area (Å²) >= 11 is 0. The monoisotopic (exact) mass is 274 g/mol. The van der Waals surface area contributed by atoms with Gasteiger partial charge in [0.05, 0.1) is 9.85 Å². The Balaban J connectivity index is 2.57. The standard InChI is InChI=1S/C13H10N2O5/c1-9-5-2-3-8-12(9)20-13-10(14(16)17)6-4-7-11(13)15(18)19/h2-8H,1H3. The van der Waals surface area contributed by atoms with Gasteiger partial charge >= 0.3 is 11.4 Å². The second kappa shape index (κ2) is 5.35. The Labute approximate surface area is 113 Å². The average Bonchev–Trinajstić information content (AvgIpc) is 2.41. The molecule has 0 aliphatic rings. The quantitative estimate of drug-likeness (QED) is 0.626. The summed E-state index contributed by atoms with van der Waals surface area (Å²) in [6, 6.07) is 10.4. The lowest BCUT2D eigenvalue weighted by Gasteiger charge is -2.08. The van der Waals surface area contributed by atoms with Crippen LogP contribution in [0.1, 0.15) is 5.56 Å². The minimum absolute atomic E-state index is 0.338. The fourth-order valence-corrected chi connectivity index (χ4v) is 1.69. The molecule has 0 N–H and O–H groups in total. The third-order valence-electron chi connectivity index (χ3n) is 2.67. The van der Waals surface area contributed by atoms with Crippen molar-refractivity contribution < 1.29 is 14.6 Å². The minimum Gasteiger partial charge on any atom is -0.444 e. The zero-order valence-electron chi connectivity index (χ0n) is 10.5. The molecule has 2 aromatic carbocycles. The predicted octanol–water partition coefficient (Wildman–Crippen LogP) is 3.60. The van der Waals surface area contributed by atoms with Crippen LogP contribution >= 0.6 is 0 Å². The van der Waals surface area contributed by atoms with E-state index in [4.69, 9.17) is 4.74 Å². The maximum absolute atomic E-state index is 11.0. The number of benzene rings is 2. The molecule has 0 spiro atoms. The van der Waals surface area contributed by atoms with Gasteiger partial charge in [0.25, 0.3) is 5.75 Å². The first kappa shape index (κ1) is 13.5. The molecule has 2 aromatic rings. The van der Waals surface area contributed by atoms with Crippen LogP contribution in [0.15, 0.2) is 42.5 Å². The second-order valence-corrected chi connectivity index (χ2v) is 4.01. The normalized spacial score (nSPS) is 10.1. The van der Waals surface area contributed by atoms with E-state index in [0.717, 1.165) is 5.56 Å². The van der Waals surface area contributed by atoms with E-state index in [9.17, 15) is 20.2 Å². The molecule has 2 rings (SSSR count). The Bertz CT molecular complexity index is 652. The van der Waals surface area contributed by atoms with E-state index < -0.39 is 21.2 Å². The smallest absolute Gasteiger partial charge is 0.318 e. The highest BCUT2D eigenvalue weighted by Crippen LogP contribution is 2.40. The number of nitro groups is 2. The van der Waals surface area contributed by atoms with E-state index in [-0.39, 0.29) is 5.75 Å².